The lowest BCUT2D eigenvalue weighted by Gasteiger charge is -2.04. The maximum absolute atomic E-state index is 12.1. The van der Waals surface area contributed by atoms with E-state index >= 15 is 0 Å². The van der Waals surface area contributed by atoms with Gasteiger partial charge < -0.3 is 5.32 Å². The molecule has 1 amide bonds. The molecule has 2 rings (SSSR count). The zero-order valence-corrected chi connectivity index (χ0v) is 16.9. The maximum Gasteiger partial charge on any atom is 0.230 e. The highest BCUT2D eigenvalue weighted by Crippen LogP contribution is 2.23. The predicted octanol–water partition coefficient (Wildman–Crippen LogP) is 3.27. The first-order valence-corrected chi connectivity index (χ1v) is 10.6. The van der Waals surface area contributed by atoms with Gasteiger partial charge in [0.1, 0.15) is 15.8 Å². The van der Waals surface area contributed by atoms with Crippen molar-refractivity contribution < 1.29 is 14.4 Å². The highest BCUT2D eigenvalue weighted by Gasteiger charge is 2.10. The number of rotatable bonds is 11. The zero-order valence-electron chi connectivity index (χ0n) is 15.3. The smallest absolute Gasteiger partial charge is 0.230 e. The summed E-state index contributed by atoms with van der Waals surface area (Å²) >= 11 is 2.46. The molecule has 144 valence electrons. The lowest BCUT2D eigenvalue weighted by molar-refractivity contribution is -0.119. The number of unbranched alkanes of at least 4 members (excludes halogenated alkanes) is 2. The number of hydrogen-bond donors (Lipinski definition) is 1. The van der Waals surface area contributed by atoms with E-state index in [1.54, 1.807) is 0 Å². The van der Waals surface area contributed by atoms with Crippen molar-refractivity contribution >= 4 is 39.9 Å². The van der Waals surface area contributed by atoms with Crippen LogP contribution < -0.4 is 5.32 Å². The lowest BCUT2D eigenvalue weighted by atomic mass is 10.1. The Morgan fingerprint density at radius 2 is 1.85 bits per heavy atom. The van der Waals surface area contributed by atoms with E-state index in [0.29, 0.717) is 19.4 Å². The van der Waals surface area contributed by atoms with Crippen LogP contribution in [0.1, 0.15) is 37.6 Å². The first-order valence-electron chi connectivity index (χ1n) is 8.84. The number of thioether (sulfide) groups is 1. The first-order chi connectivity index (χ1) is 13.0. The van der Waals surface area contributed by atoms with Crippen molar-refractivity contribution in [2.45, 2.75) is 39.0 Å². The Balaban J connectivity index is 1.58. The van der Waals surface area contributed by atoms with Crippen LogP contribution in [-0.2, 0) is 20.8 Å². The molecule has 1 N–H and O–H groups in total. The third-order valence-electron chi connectivity index (χ3n) is 3.70. The van der Waals surface area contributed by atoms with E-state index in [0.717, 1.165) is 46.6 Å². The number of amides is 1. The quantitative estimate of drug-likeness (QED) is 0.577. The van der Waals surface area contributed by atoms with Gasteiger partial charge in [-0.2, -0.15) is 0 Å². The maximum atomic E-state index is 12.1. The number of benzene rings is 1. The van der Waals surface area contributed by atoms with Gasteiger partial charge in [0.2, 0.25) is 5.91 Å². The molecule has 0 atom stereocenters. The van der Waals surface area contributed by atoms with Crippen molar-refractivity contribution in [3.8, 4) is 10.6 Å². The molecule has 1 heterocycles. The Kier molecular flexibility index (Phi) is 9.13. The van der Waals surface area contributed by atoms with E-state index in [9.17, 15) is 14.4 Å². The summed E-state index contributed by atoms with van der Waals surface area (Å²) in [6.45, 7) is 2.02. The number of carbonyl (C=O) groups is 3. The average Bonchev–Trinajstić information content (AvgIpc) is 3.12. The predicted molar refractivity (Wildman–Crippen MR) is 109 cm³/mol. The van der Waals surface area contributed by atoms with Crippen molar-refractivity contribution in [1.29, 1.82) is 0 Å². The third kappa shape index (κ3) is 8.45. The van der Waals surface area contributed by atoms with Gasteiger partial charge in [-0.25, -0.2) is 0 Å². The molecule has 0 spiro atoms. The van der Waals surface area contributed by atoms with Gasteiger partial charge in [-0.1, -0.05) is 59.9 Å². The molecule has 8 heteroatoms. The fourth-order valence-corrected chi connectivity index (χ4v) is 3.66. The fourth-order valence-electron chi connectivity index (χ4n) is 2.35. The molecule has 0 unspecified atom stereocenters. The van der Waals surface area contributed by atoms with E-state index < -0.39 is 0 Å². The van der Waals surface area contributed by atoms with Crippen molar-refractivity contribution in [2.75, 3.05) is 12.3 Å². The molecule has 27 heavy (non-hydrogen) atoms. The summed E-state index contributed by atoms with van der Waals surface area (Å²) in [5.74, 6) is 0.199. The van der Waals surface area contributed by atoms with Crippen LogP contribution in [0.2, 0.25) is 0 Å². The molecule has 0 fully saturated rings. The highest BCUT2D eigenvalue weighted by molar-refractivity contribution is 8.14. The number of Topliss-reactive ketones (excluding diaryl/α,β-unsaturated/α-hetero) is 1. The molecular formula is C19H23N3O3S2. The van der Waals surface area contributed by atoms with E-state index in [1.165, 1.54) is 18.3 Å². The second-order valence-electron chi connectivity index (χ2n) is 6.02. The monoisotopic (exact) mass is 405 g/mol. The van der Waals surface area contributed by atoms with E-state index in [4.69, 9.17) is 0 Å². The van der Waals surface area contributed by atoms with Gasteiger partial charge in [-0.3, -0.25) is 14.4 Å². The van der Waals surface area contributed by atoms with Crippen molar-refractivity contribution in [2.24, 2.45) is 0 Å². The minimum Gasteiger partial charge on any atom is -0.355 e. The molecule has 0 aliphatic carbocycles. The van der Waals surface area contributed by atoms with Crippen molar-refractivity contribution in [3.05, 3.63) is 35.3 Å². The van der Waals surface area contributed by atoms with Crippen molar-refractivity contribution in [1.82, 2.24) is 15.5 Å². The number of nitrogens with one attached hydrogen (secondary N) is 1. The number of ketones is 1. The fraction of sp³-hybridized carbons (Fsp3) is 0.421. The van der Waals surface area contributed by atoms with Gasteiger partial charge in [0.25, 0.3) is 0 Å². The molecule has 2 aromatic rings. The summed E-state index contributed by atoms with van der Waals surface area (Å²) < 4.78 is 0. The Bertz CT molecular complexity index is 763. The molecule has 0 aliphatic heterocycles. The van der Waals surface area contributed by atoms with Gasteiger partial charge in [-0.05, 0) is 12.8 Å². The summed E-state index contributed by atoms with van der Waals surface area (Å²) in [5.41, 5.74) is 1.01. The first kappa shape index (κ1) is 21.2. The number of hydrogen-bond acceptors (Lipinski definition) is 7. The van der Waals surface area contributed by atoms with Crippen LogP contribution in [0.5, 0.6) is 0 Å². The van der Waals surface area contributed by atoms with Gasteiger partial charge >= 0.3 is 0 Å². The minimum absolute atomic E-state index is 0.0602. The molecule has 0 radical (unpaired) electrons. The average molecular weight is 406 g/mol. The molecular weight excluding hydrogens is 382 g/mol. The standard InChI is InChI=1S/C19H23N3O3S2/c1-14(23)26-13-17(25)20-11-7-3-6-10-16(24)12-18-21-22-19(27-18)15-8-4-2-5-9-15/h2,4-5,8-9H,3,6-7,10-13H2,1H3,(H,20,25). The van der Waals surface area contributed by atoms with Crippen LogP contribution in [-0.4, -0.2) is 39.3 Å². The Morgan fingerprint density at radius 3 is 2.59 bits per heavy atom. The summed E-state index contributed by atoms with van der Waals surface area (Å²) in [6.07, 6.45) is 3.32. The molecule has 6 nitrogen and oxygen atoms in total. The van der Waals surface area contributed by atoms with E-state index in [2.05, 4.69) is 15.5 Å². The Labute approximate surface area is 167 Å². The van der Waals surface area contributed by atoms with Gasteiger partial charge in [0, 0.05) is 25.5 Å². The van der Waals surface area contributed by atoms with Gasteiger partial charge in [0.15, 0.2) is 5.12 Å². The summed E-state index contributed by atoms with van der Waals surface area (Å²) in [4.78, 5) is 34.3. The van der Waals surface area contributed by atoms with Crippen molar-refractivity contribution in [3.63, 3.8) is 0 Å². The SMILES string of the molecule is CC(=O)SCC(=O)NCCCCCC(=O)Cc1nnc(-c2ccccc2)s1. The van der Waals surface area contributed by atoms with Gasteiger partial charge in [-0.15, -0.1) is 10.2 Å². The molecule has 0 saturated carbocycles. The summed E-state index contributed by atoms with van der Waals surface area (Å²) in [5, 5.41) is 12.6. The highest BCUT2D eigenvalue weighted by atomic mass is 32.2. The van der Waals surface area contributed by atoms with Crippen LogP contribution >= 0.6 is 23.1 Å². The van der Waals surface area contributed by atoms with Gasteiger partial charge in [0.05, 0.1) is 12.2 Å². The summed E-state index contributed by atoms with van der Waals surface area (Å²) in [6, 6.07) is 9.80. The second kappa shape index (κ2) is 11.6. The number of carbonyl (C=O) groups excluding carboxylic acids is 3. The van der Waals surface area contributed by atoms with E-state index in [-0.39, 0.29) is 22.6 Å². The Hall–Kier alpha value is -2.06. The largest absolute Gasteiger partial charge is 0.355 e. The van der Waals surface area contributed by atoms with Crippen LogP contribution in [0.25, 0.3) is 10.6 Å². The van der Waals surface area contributed by atoms with Crippen LogP contribution in [0, 0.1) is 0 Å². The summed E-state index contributed by atoms with van der Waals surface area (Å²) in [7, 11) is 0. The molecule has 0 bridgehead atoms. The topological polar surface area (TPSA) is 89.0 Å². The lowest BCUT2D eigenvalue weighted by Crippen LogP contribution is -2.26. The molecule has 1 aromatic carbocycles. The normalized spacial score (nSPS) is 10.6. The minimum atomic E-state index is -0.128. The molecule has 0 saturated heterocycles. The zero-order chi connectivity index (χ0) is 19.5. The van der Waals surface area contributed by atoms with Crippen LogP contribution in [0.3, 0.4) is 0 Å². The van der Waals surface area contributed by atoms with Crippen LogP contribution in [0.15, 0.2) is 30.3 Å². The molecule has 1 aromatic heterocycles. The van der Waals surface area contributed by atoms with Crippen LogP contribution in [0.4, 0.5) is 0 Å². The number of aromatic nitrogens is 2. The van der Waals surface area contributed by atoms with E-state index in [1.807, 2.05) is 30.3 Å². The second-order valence-corrected chi connectivity index (χ2v) is 8.24. The third-order valence-corrected chi connectivity index (χ3v) is 5.48. The Morgan fingerprint density at radius 1 is 1.07 bits per heavy atom. The molecule has 0 aliphatic rings. The number of nitrogens with zero attached hydrogens (tertiary/aromatic N) is 2.